The van der Waals surface area contributed by atoms with Crippen LogP contribution in [-0.2, 0) is 4.74 Å². The molecule has 0 radical (unpaired) electrons. The standard InChI is InChI=1S/C19H21NO/c1-12-10-13(2)17(14(3)11-12)20-19-15(4)18(21-19)16-8-6-5-7-9-16/h5-11,15,18H,1-4H3/t15-,18+/m1/s1. The lowest BCUT2D eigenvalue weighted by Gasteiger charge is -2.36. The summed E-state index contributed by atoms with van der Waals surface area (Å²) in [5, 5.41) is 0. The van der Waals surface area contributed by atoms with E-state index in [1.165, 1.54) is 22.3 Å². The number of hydrogen-bond donors (Lipinski definition) is 0. The van der Waals surface area contributed by atoms with Crippen molar-refractivity contribution in [2.24, 2.45) is 10.9 Å². The number of benzene rings is 2. The van der Waals surface area contributed by atoms with Gasteiger partial charge in [0.1, 0.15) is 6.10 Å². The number of rotatable bonds is 2. The Balaban J connectivity index is 1.85. The molecule has 0 amide bonds. The van der Waals surface area contributed by atoms with Crippen LogP contribution < -0.4 is 0 Å². The molecule has 1 saturated heterocycles. The van der Waals surface area contributed by atoms with Gasteiger partial charge in [0.2, 0.25) is 0 Å². The van der Waals surface area contributed by atoms with Crippen LogP contribution in [-0.4, -0.2) is 5.90 Å². The zero-order valence-corrected chi connectivity index (χ0v) is 13.1. The molecule has 0 spiro atoms. The Labute approximate surface area is 126 Å². The van der Waals surface area contributed by atoms with Gasteiger partial charge in [0, 0.05) is 0 Å². The molecule has 2 nitrogen and oxygen atoms in total. The van der Waals surface area contributed by atoms with Crippen LogP contribution in [0.3, 0.4) is 0 Å². The molecule has 1 aliphatic heterocycles. The average molecular weight is 279 g/mol. The Morgan fingerprint density at radius 3 is 2.14 bits per heavy atom. The van der Waals surface area contributed by atoms with Crippen molar-refractivity contribution in [1.82, 2.24) is 0 Å². The van der Waals surface area contributed by atoms with E-state index in [1.807, 2.05) is 6.07 Å². The van der Waals surface area contributed by atoms with E-state index in [0.29, 0.717) is 5.92 Å². The zero-order chi connectivity index (χ0) is 15.0. The second-order valence-corrected chi connectivity index (χ2v) is 5.94. The van der Waals surface area contributed by atoms with E-state index in [0.717, 1.165) is 11.6 Å². The highest BCUT2D eigenvalue weighted by atomic mass is 16.5. The van der Waals surface area contributed by atoms with E-state index in [4.69, 9.17) is 9.73 Å². The first-order valence-corrected chi connectivity index (χ1v) is 7.44. The molecule has 0 unspecified atom stereocenters. The van der Waals surface area contributed by atoms with E-state index < -0.39 is 0 Å². The van der Waals surface area contributed by atoms with Gasteiger partial charge in [-0.25, -0.2) is 4.99 Å². The van der Waals surface area contributed by atoms with Crippen LogP contribution in [0, 0.1) is 26.7 Å². The smallest absolute Gasteiger partial charge is 0.196 e. The third-order valence-corrected chi connectivity index (χ3v) is 4.08. The van der Waals surface area contributed by atoms with Gasteiger partial charge in [-0.15, -0.1) is 0 Å². The maximum absolute atomic E-state index is 5.93. The lowest BCUT2D eigenvalue weighted by molar-refractivity contribution is 0.0662. The van der Waals surface area contributed by atoms with Crippen molar-refractivity contribution >= 4 is 11.6 Å². The minimum absolute atomic E-state index is 0.135. The molecule has 1 aliphatic rings. The second-order valence-electron chi connectivity index (χ2n) is 5.94. The molecule has 0 N–H and O–H groups in total. The van der Waals surface area contributed by atoms with E-state index in [9.17, 15) is 0 Å². The van der Waals surface area contributed by atoms with Crippen molar-refractivity contribution in [3.8, 4) is 0 Å². The SMILES string of the molecule is Cc1cc(C)c(N=C2O[C@H](c3ccccc3)[C@H]2C)c(C)c1. The van der Waals surface area contributed by atoms with Gasteiger partial charge in [0.15, 0.2) is 5.90 Å². The fourth-order valence-electron chi connectivity index (χ4n) is 2.98. The van der Waals surface area contributed by atoms with Crippen LogP contribution in [0.4, 0.5) is 5.69 Å². The van der Waals surface area contributed by atoms with Gasteiger partial charge in [-0.05, 0) is 44.4 Å². The predicted octanol–water partition coefficient (Wildman–Crippen LogP) is 5.05. The molecule has 108 valence electrons. The topological polar surface area (TPSA) is 21.6 Å². The van der Waals surface area contributed by atoms with Crippen LogP contribution in [0.15, 0.2) is 47.5 Å². The van der Waals surface area contributed by atoms with Crippen LogP contribution in [0.5, 0.6) is 0 Å². The third kappa shape index (κ3) is 2.58. The molecule has 1 heterocycles. The predicted molar refractivity (Wildman–Crippen MR) is 87.2 cm³/mol. The fourth-order valence-corrected chi connectivity index (χ4v) is 2.98. The maximum atomic E-state index is 5.93. The van der Waals surface area contributed by atoms with Crippen molar-refractivity contribution in [1.29, 1.82) is 0 Å². The second kappa shape index (κ2) is 5.36. The summed E-state index contributed by atoms with van der Waals surface area (Å²) in [6.45, 7) is 8.51. The van der Waals surface area contributed by atoms with E-state index in [-0.39, 0.29) is 6.10 Å². The van der Waals surface area contributed by atoms with Gasteiger partial charge in [-0.2, -0.15) is 0 Å². The summed E-state index contributed by atoms with van der Waals surface area (Å²) in [6.07, 6.45) is 0.135. The Bertz CT molecular complexity index is 665. The number of aryl methyl sites for hydroxylation is 3. The highest BCUT2D eigenvalue weighted by molar-refractivity contribution is 5.87. The zero-order valence-electron chi connectivity index (χ0n) is 13.1. The first-order valence-electron chi connectivity index (χ1n) is 7.44. The summed E-state index contributed by atoms with van der Waals surface area (Å²) < 4.78 is 5.93. The summed E-state index contributed by atoms with van der Waals surface area (Å²) >= 11 is 0. The molecule has 2 aromatic rings. The quantitative estimate of drug-likeness (QED) is 0.754. The number of nitrogens with zero attached hydrogens (tertiary/aromatic N) is 1. The van der Waals surface area contributed by atoms with Crippen LogP contribution in [0.1, 0.15) is 35.3 Å². The van der Waals surface area contributed by atoms with Crippen molar-refractivity contribution in [2.45, 2.75) is 33.8 Å². The third-order valence-electron chi connectivity index (χ3n) is 4.08. The first kappa shape index (κ1) is 13.9. The van der Waals surface area contributed by atoms with Crippen molar-refractivity contribution in [3.05, 3.63) is 64.7 Å². The molecular formula is C19H21NO. The molecule has 1 fully saturated rings. The lowest BCUT2D eigenvalue weighted by Crippen LogP contribution is -2.36. The van der Waals surface area contributed by atoms with Crippen LogP contribution in [0.25, 0.3) is 0 Å². The Kier molecular flexibility index (Phi) is 3.54. The van der Waals surface area contributed by atoms with E-state index in [1.54, 1.807) is 0 Å². The molecule has 3 rings (SSSR count). The van der Waals surface area contributed by atoms with Crippen molar-refractivity contribution < 1.29 is 4.74 Å². The monoisotopic (exact) mass is 279 g/mol. The van der Waals surface area contributed by atoms with Gasteiger partial charge >= 0.3 is 0 Å². The normalized spacial score (nSPS) is 22.8. The Morgan fingerprint density at radius 1 is 0.952 bits per heavy atom. The average Bonchev–Trinajstić information content (AvgIpc) is 2.45. The Morgan fingerprint density at radius 2 is 1.57 bits per heavy atom. The lowest BCUT2D eigenvalue weighted by atomic mass is 9.92. The van der Waals surface area contributed by atoms with E-state index in [2.05, 4.69) is 64.1 Å². The minimum Gasteiger partial charge on any atom is -0.471 e. The van der Waals surface area contributed by atoms with Gasteiger partial charge in [0.05, 0.1) is 11.6 Å². The molecular weight excluding hydrogens is 258 g/mol. The Hall–Kier alpha value is -2.09. The van der Waals surface area contributed by atoms with Crippen LogP contribution >= 0.6 is 0 Å². The maximum Gasteiger partial charge on any atom is 0.196 e. The summed E-state index contributed by atoms with van der Waals surface area (Å²) in [5.74, 6) is 1.17. The highest BCUT2D eigenvalue weighted by Gasteiger charge is 2.37. The fraction of sp³-hybridized carbons (Fsp3) is 0.316. The molecule has 0 aliphatic carbocycles. The molecule has 0 aromatic heterocycles. The first-order chi connectivity index (χ1) is 10.1. The van der Waals surface area contributed by atoms with E-state index >= 15 is 0 Å². The summed E-state index contributed by atoms with van der Waals surface area (Å²) in [7, 11) is 0. The van der Waals surface area contributed by atoms with Gasteiger partial charge in [0.25, 0.3) is 0 Å². The van der Waals surface area contributed by atoms with Gasteiger partial charge in [-0.1, -0.05) is 48.0 Å². The van der Waals surface area contributed by atoms with Gasteiger partial charge in [-0.3, -0.25) is 0 Å². The molecule has 2 heteroatoms. The largest absolute Gasteiger partial charge is 0.471 e. The molecule has 21 heavy (non-hydrogen) atoms. The number of hydrogen-bond acceptors (Lipinski definition) is 2. The van der Waals surface area contributed by atoms with Crippen LogP contribution in [0.2, 0.25) is 0 Å². The molecule has 0 bridgehead atoms. The molecule has 2 atom stereocenters. The molecule has 2 aromatic carbocycles. The number of ether oxygens (including phenoxy) is 1. The van der Waals surface area contributed by atoms with Crippen molar-refractivity contribution in [2.75, 3.05) is 0 Å². The summed E-state index contributed by atoms with van der Waals surface area (Å²) in [4.78, 5) is 4.76. The minimum atomic E-state index is 0.135. The number of aliphatic imine (C=N–C) groups is 1. The molecule has 0 saturated carbocycles. The van der Waals surface area contributed by atoms with Gasteiger partial charge < -0.3 is 4.74 Å². The summed E-state index contributed by atoms with van der Waals surface area (Å²) in [5.41, 5.74) is 5.96. The van der Waals surface area contributed by atoms with Crippen molar-refractivity contribution in [3.63, 3.8) is 0 Å². The highest BCUT2D eigenvalue weighted by Crippen LogP contribution is 2.39. The summed E-state index contributed by atoms with van der Waals surface area (Å²) in [6, 6.07) is 14.7.